The summed E-state index contributed by atoms with van der Waals surface area (Å²) in [6.07, 6.45) is 0. The van der Waals surface area contributed by atoms with Gasteiger partial charge >= 0.3 is 0 Å². The standard InChI is InChI=1S/C21H20N4O3S.CH4O/c22-19-10-9-16(21(26)25-13-14-5-2-1-3-6-14)12-18(19)20(23)15-7-4-8-17(11-15)29(24,27)28;1-2/h1-12,23H,13,22H2,(H,25,26)(H2,24,27,28);2H,1H3. The first kappa shape index (κ1) is 23.7. The molecule has 0 aliphatic carbocycles. The molecule has 9 heteroatoms. The van der Waals surface area contributed by atoms with Crippen LogP contribution in [-0.2, 0) is 16.6 Å². The number of nitrogen functional groups attached to an aromatic ring is 1. The third kappa shape index (κ3) is 6.22. The van der Waals surface area contributed by atoms with Crippen molar-refractivity contribution in [1.82, 2.24) is 5.32 Å². The molecule has 0 heterocycles. The summed E-state index contributed by atoms with van der Waals surface area (Å²) in [6, 6.07) is 19.9. The van der Waals surface area contributed by atoms with Gasteiger partial charge in [-0.2, -0.15) is 0 Å². The van der Waals surface area contributed by atoms with Gasteiger partial charge in [-0.1, -0.05) is 42.5 Å². The number of carbonyl (C=O) groups is 1. The maximum atomic E-state index is 12.5. The number of rotatable bonds is 6. The number of amides is 1. The minimum absolute atomic E-state index is 0.00860. The van der Waals surface area contributed by atoms with Gasteiger partial charge < -0.3 is 16.2 Å². The predicted molar refractivity (Wildman–Crippen MR) is 120 cm³/mol. The van der Waals surface area contributed by atoms with Gasteiger partial charge in [-0.3, -0.25) is 10.2 Å². The highest BCUT2D eigenvalue weighted by Gasteiger charge is 2.15. The van der Waals surface area contributed by atoms with E-state index in [0.717, 1.165) is 12.7 Å². The van der Waals surface area contributed by atoms with Crippen LogP contribution in [0.2, 0.25) is 0 Å². The van der Waals surface area contributed by atoms with Gasteiger partial charge in [-0.05, 0) is 35.9 Å². The highest BCUT2D eigenvalue weighted by atomic mass is 32.2. The molecular formula is C22H24N4O4S. The number of benzene rings is 3. The Hall–Kier alpha value is -3.53. The first-order valence-corrected chi connectivity index (χ1v) is 10.7. The number of sulfonamides is 1. The average molecular weight is 441 g/mol. The van der Waals surface area contributed by atoms with Crippen molar-refractivity contribution >= 4 is 27.3 Å². The number of carbonyl (C=O) groups excluding carboxylic acids is 1. The number of primary sulfonamides is 1. The second-order valence-electron chi connectivity index (χ2n) is 6.42. The van der Waals surface area contributed by atoms with E-state index in [9.17, 15) is 13.2 Å². The molecule has 0 aromatic heterocycles. The zero-order chi connectivity index (χ0) is 23.0. The van der Waals surface area contributed by atoms with Crippen LogP contribution < -0.4 is 16.2 Å². The molecule has 0 aliphatic heterocycles. The van der Waals surface area contributed by atoms with Crippen molar-refractivity contribution in [3.8, 4) is 0 Å². The molecule has 162 valence electrons. The van der Waals surface area contributed by atoms with Crippen LogP contribution in [0.5, 0.6) is 0 Å². The van der Waals surface area contributed by atoms with Crippen LogP contribution >= 0.6 is 0 Å². The summed E-state index contributed by atoms with van der Waals surface area (Å²) in [7, 11) is -2.90. The van der Waals surface area contributed by atoms with E-state index in [1.54, 1.807) is 18.2 Å². The third-order valence-corrected chi connectivity index (χ3v) is 5.24. The van der Waals surface area contributed by atoms with E-state index in [4.69, 9.17) is 21.4 Å². The maximum absolute atomic E-state index is 12.5. The number of anilines is 1. The van der Waals surface area contributed by atoms with E-state index in [0.29, 0.717) is 28.9 Å². The van der Waals surface area contributed by atoms with Gasteiger partial charge in [-0.15, -0.1) is 0 Å². The largest absolute Gasteiger partial charge is 0.400 e. The van der Waals surface area contributed by atoms with Gasteiger partial charge in [-0.25, -0.2) is 13.6 Å². The lowest BCUT2D eigenvalue weighted by molar-refractivity contribution is 0.0951. The van der Waals surface area contributed by atoms with Crippen LogP contribution in [0.25, 0.3) is 0 Å². The molecule has 0 spiro atoms. The molecule has 1 amide bonds. The zero-order valence-electron chi connectivity index (χ0n) is 16.9. The highest BCUT2D eigenvalue weighted by molar-refractivity contribution is 7.89. The Morgan fingerprint density at radius 2 is 1.65 bits per heavy atom. The Labute approximate surface area is 181 Å². The van der Waals surface area contributed by atoms with E-state index in [1.165, 1.54) is 24.3 Å². The molecule has 0 atom stereocenters. The molecule has 0 saturated carbocycles. The Balaban J connectivity index is 0.00000166. The number of hydrogen-bond acceptors (Lipinski definition) is 6. The van der Waals surface area contributed by atoms with Crippen molar-refractivity contribution in [3.63, 3.8) is 0 Å². The minimum Gasteiger partial charge on any atom is -0.400 e. The number of nitrogens with two attached hydrogens (primary N) is 2. The summed E-state index contributed by atoms with van der Waals surface area (Å²) in [5.74, 6) is -0.304. The third-order valence-electron chi connectivity index (χ3n) is 4.33. The summed E-state index contributed by atoms with van der Waals surface area (Å²) in [6.45, 7) is 0.368. The lowest BCUT2D eigenvalue weighted by Crippen LogP contribution is -2.23. The van der Waals surface area contributed by atoms with E-state index in [-0.39, 0.29) is 16.5 Å². The molecule has 8 nitrogen and oxygen atoms in total. The fraction of sp³-hybridized carbons (Fsp3) is 0.0909. The normalized spacial score (nSPS) is 10.5. The first-order chi connectivity index (χ1) is 14.8. The van der Waals surface area contributed by atoms with Crippen LogP contribution in [0.4, 0.5) is 5.69 Å². The van der Waals surface area contributed by atoms with Crippen molar-refractivity contribution in [2.75, 3.05) is 12.8 Å². The summed E-state index contributed by atoms with van der Waals surface area (Å²) >= 11 is 0. The molecule has 3 aromatic rings. The Morgan fingerprint density at radius 1 is 0.968 bits per heavy atom. The van der Waals surface area contributed by atoms with E-state index in [1.807, 2.05) is 30.3 Å². The number of aliphatic hydroxyl groups is 1. The fourth-order valence-electron chi connectivity index (χ4n) is 2.78. The molecule has 31 heavy (non-hydrogen) atoms. The van der Waals surface area contributed by atoms with Crippen LogP contribution in [0.15, 0.2) is 77.7 Å². The molecule has 0 aliphatic rings. The zero-order valence-corrected chi connectivity index (χ0v) is 17.7. The topological polar surface area (TPSA) is 159 Å². The van der Waals surface area contributed by atoms with Crippen molar-refractivity contribution in [1.29, 1.82) is 5.41 Å². The fourth-order valence-corrected chi connectivity index (χ4v) is 3.34. The number of aliphatic hydroxyl groups excluding tert-OH is 1. The molecule has 0 radical (unpaired) electrons. The van der Waals surface area contributed by atoms with Crippen molar-refractivity contribution in [3.05, 3.63) is 95.1 Å². The molecule has 3 aromatic carbocycles. The summed E-state index contributed by atoms with van der Waals surface area (Å²) in [5, 5.41) is 23.4. The number of hydrogen-bond donors (Lipinski definition) is 5. The molecular weight excluding hydrogens is 416 g/mol. The second kappa shape index (κ2) is 10.5. The molecule has 0 unspecified atom stereocenters. The molecule has 3 rings (SSSR count). The highest BCUT2D eigenvalue weighted by Crippen LogP contribution is 2.20. The van der Waals surface area contributed by atoms with Crippen LogP contribution in [0.3, 0.4) is 0 Å². The maximum Gasteiger partial charge on any atom is 0.251 e. The summed E-state index contributed by atoms with van der Waals surface area (Å²) < 4.78 is 23.1. The van der Waals surface area contributed by atoms with Crippen molar-refractivity contribution in [2.24, 2.45) is 5.14 Å². The van der Waals surface area contributed by atoms with Gasteiger partial charge in [0.1, 0.15) is 0 Å². The average Bonchev–Trinajstić information content (AvgIpc) is 2.79. The summed E-state index contributed by atoms with van der Waals surface area (Å²) in [5.41, 5.74) is 8.25. The lowest BCUT2D eigenvalue weighted by atomic mass is 9.98. The smallest absolute Gasteiger partial charge is 0.251 e. The minimum atomic E-state index is -3.90. The molecule has 0 fully saturated rings. The van der Waals surface area contributed by atoms with Crippen molar-refractivity contribution in [2.45, 2.75) is 11.4 Å². The van der Waals surface area contributed by atoms with Crippen LogP contribution in [0, 0.1) is 5.41 Å². The van der Waals surface area contributed by atoms with Crippen LogP contribution in [-0.4, -0.2) is 32.3 Å². The quantitative estimate of drug-likeness (QED) is 0.292. The SMILES string of the molecule is CO.N=C(c1cccc(S(N)(=O)=O)c1)c1cc(C(=O)NCc2ccccc2)ccc1N. The second-order valence-corrected chi connectivity index (χ2v) is 7.98. The lowest BCUT2D eigenvalue weighted by Gasteiger charge is -2.12. The van der Waals surface area contributed by atoms with Gasteiger partial charge in [0.05, 0.1) is 10.6 Å². The summed E-state index contributed by atoms with van der Waals surface area (Å²) in [4.78, 5) is 12.4. The van der Waals surface area contributed by atoms with Gasteiger partial charge in [0.25, 0.3) is 5.91 Å². The van der Waals surface area contributed by atoms with E-state index < -0.39 is 10.0 Å². The van der Waals surface area contributed by atoms with Gasteiger partial charge in [0.15, 0.2) is 0 Å². The molecule has 0 saturated heterocycles. The van der Waals surface area contributed by atoms with E-state index >= 15 is 0 Å². The van der Waals surface area contributed by atoms with Crippen molar-refractivity contribution < 1.29 is 18.3 Å². The Kier molecular flexibility index (Phi) is 8.03. The van der Waals surface area contributed by atoms with Crippen LogP contribution in [0.1, 0.15) is 27.0 Å². The predicted octanol–water partition coefficient (Wildman–Crippen LogP) is 1.87. The molecule has 0 bridgehead atoms. The van der Waals surface area contributed by atoms with E-state index in [2.05, 4.69) is 5.32 Å². The monoisotopic (exact) mass is 440 g/mol. The molecule has 7 N–H and O–H groups in total. The first-order valence-electron chi connectivity index (χ1n) is 9.14. The van der Waals surface area contributed by atoms with Gasteiger partial charge in [0.2, 0.25) is 10.0 Å². The Bertz CT molecular complexity index is 1180. The Morgan fingerprint density at radius 3 is 2.29 bits per heavy atom. The van der Waals surface area contributed by atoms with Gasteiger partial charge in [0, 0.05) is 36.0 Å². The number of nitrogens with one attached hydrogen (secondary N) is 2.